The first-order valence-electron chi connectivity index (χ1n) is 8.48. The van der Waals surface area contributed by atoms with E-state index in [1.54, 1.807) is 0 Å². The Hall–Kier alpha value is -3.56. The van der Waals surface area contributed by atoms with Gasteiger partial charge in [0.1, 0.15) is 17.3 Å². The molecule has 0 saturated heterocycles. The van der Waals surface area contributed by atoms with E-state index in [1.807, 2.05) is 0 Å². The molecule has 0 spiro atoms. The van der Waals surface area contributed by atoms with Crippen molar-refractivity contribution in [2.45, 2.75) is 12.6 Å². The third-order valence-electron chi connectivity index (χ3n) is 4.44. The molecule has 2 aromatic heterocycles. The molecule has 30 heavy (non-hydrogen) atoms. The number of aromatic hydroxyl groups is 1. The number of imidazole rings is 1. The van der Waals surface area contributed by atoms with Gasteiger partial charge in [-0.3, -0.25) is 9.38 Å². The number of phenols is 1. The molecule has 0 bridgehead atoms. The molecule has 2 aromatic carbocycles. The maximum absolute atomic E-state index is 14.4. The summed E-state index contributed by atoms with van der Waals surface area (Å²) in [4.78, 5) is 7.80. The number of benzene rings is 2. The van der Waals surface area contributed by atoms with Gasteiger partial charge in [0.25, 0.3) is 6.43 Å². The number of hydrogen-bond donors (Lipinski definition) is 1. The fraction of sp³-hybridized carbons (Fsp3) is 0.100. The minimum absolute atomic E-state index is 0.0384. The van der Waals surface area contributed by atoms with E-state index in [2.05, 4.69) is 9.97 Å². The summed E-state index contributed by atoms with van der Waals surface area (Å²) in [6.07, 6.45) is -5.29. The molecule has 10 heteroatoms. The summed E-state index contributed by atoms with van der Waals surface area (Å²) < 4.78 is 81.7. The summed E-state index contributed by atoms with van der Waals surface area (Å²) in [7, 11) is 0. The standard InChI is InChI=1S/C20H11F6N3O/c21-14-7-12(30)4-5-13(14)18-17(19(22)23)28-16-8-27-15(9-29(16)18)10-2-1-3-11(6-10)20(24,25)26/h1-9,19,30H. The number of aromatic nitrogens is 3. The number of phenolic OH excluding ortho intramolecular Hbond substituents is 1. The average molecular weight is 423 g/mol. The first-order chi connectivity index (χ1) is 14.1. The van der Waals surface area contributed by atoms with Crippen LogP contribution < -0.4 is 0 Å². The highest BCUT2D eigenvalue weighted by atomic mass is 19.4. The van der Waals surface area contributed by atoms with Crippen LogP contribution in [0.4, 0.5) is 26.3 Å². The van der Waals surface area contributed by atoms with Gasteiger partial charge in [-0.15, -0.1) is 0 Å². The largest absolute Gasteiger partial charge is 0.508 e. The molecule has 0 radical (unpaired) electrons. The molecule has 0 saturated carbocycles. The fourth-order valence-corrected chi connectivity index (χ4v) is 3.09. The molecule has 4 aromatic rings. The van der Waals surface area contributed by atoms with E-state index < -0.39 is 35.4 Å². The molecule has 0 aliphatic carbocycles. The first kappa shape index (κ1) is 19.7. The molecule has 0 aliphatic rings. The van der Waals surface area contributed by atoms with E-state index in [0.717, 1.165) is 40.9 Å². The maximum atomic E-state index is 14.4. The Labute approximate surface area is 165 Å². The molecule has 1 N–H and O–H groups in total. The molecule has 0 aliphatic heterocycles. The van der Waals surface area contributed by atoms with Crippen LogP contribution in [0.5, 0.6) is 5.75 Å². The lowest BCUT2D eigenvalue weighted by Gasteiger charge is -2.10. The molecule has 0 amide bonds. The van der Waals surface area contributed by atoms with Crippen LogP contribution in [0, 0.1) is 5.82 Å². The van der Waals surface area contributed by atoms with Crippen molar-refractivity contribution in [1.82, 2.24) is 14.4 Å². The quantitative estimate of drug-likeness (QED) is 0.420. The summed E-state index contributed by atoms with van der Waals surface area (Å²) in [6.45, 7) is 0. The summed E-state index contributed by atoms with van der Waals surface area (Å²) in [5.41, 5.74) is -2.05. The highest BCUT2D eigenvalue weighted by Crippen LogP contribution is 2.36. The average Bonchev–Trinajstić information content (AvgIpc) is 3.06. The molecule has 4 rings (SSSR count). The van der Waals surface area contributed by atoms with Crippen LogP contribution in [-0.2, 0) is 6.18 Å². The van der Waals surface area contributed by atoms with Crippen LogP contribution in [0.15, 0.2) is 54.9 Å². The molecule has 4 nitrogen and oxygen atoms in total. The number of hydrogen-bond acceptors (Lipinski definition) is 3. The van der Waals surface area contributed by atoms with Crippen molar-refractivity contribution in [3.05, 3.63) is 71.9 Å². The van der Waals surface area contributed by atoms with E-state index in [0.29, 0.717) is 0 Å². The van der Waals surface area contributed by atoms with Crippen LogP contribution in [0.3, 0.4) is 0 Å². The van der Waals surface area contributed by atoms with Crippen molar-refractivity contribution in [3.63, 3.8) is 0 Å². The number of rotatable bonds is 3. The number of fused-ring (bicyclic) bond motifs is 1. The molecule has 0 atom stereocenters. The Balaban J connectivity index is 1.95. The van der Waals surface area contributed by atoms with Gasteiger partial charge in [-0.2, -0.15) is 13.2 Å². The second kappa shape index (κ2) is 7.05. The molecular formula is C20H11F6N3O. The van der Waals surface area contributed by atoms with Gasteiger partial charge in [-0.1, -0.05) is 12.1 Å². The molecule has 0 fully saturated rings. The van der Waals surface area contributed by atoms with Gasteiger partial charge in [-0.25, -0.2) is 18.2 Å². The number of alkyl halides is 5. The molecule has 0 unspecified atom stereocenters. The predicted molar refractivity (Wildman–Crippen MR) is 95.4 cm³/mol. The van der Waals surface area contributed by atoms with Crippen molar-refractivity contribution >= 4 is 5.65 Å². The van der Waals surface area contributed by atoms with Gasteiger partial charge in [0.15, 0.2) is 5.65 Å². The van der Waals surface area contributed by atoms with Crippen LogP contribution in [-0.4, -0.2) is 19.5 Å². The van der Waals surface area contributed by atoms with Gasteiger partial charge in [0, 0.05) is 23.4 Å². The van der Waals surface area contributed by atoms with Crippen molar-refractivity contribution in [2.24, 2.45) is 0 Å². The lowest BCUT2D eigenvalue weighted by molar-refractivity contribution is -0.137. The SMILES string of the molecule is Oc1ccc(-c2c(C(F)F)nc3cnc(-c4cccc(C(F)(F)F)c4)cn23)c(F)c1. The third-order valence-corrected chi connectivity index (χ3v) is 4.44. The highest BCUT2D eigenvalue weighted by molar-refractivity contribution is 5.70. The topological polar surface area (TPSA) is 50.4 Å². The van der Waals surface area contributed by atoms with Gasteiger partial charge in [0.2, 0.25) is 0 Å². The second-order valence-electron chi connectivity index (χ2n) is 6.39. The summed E-state index contributed by atoms with van der Waals surface area (Å²) in [5, 5.41) is 9.40. The van der Waals surface area contributed by atoms with Crippen LogP contribution in [0.1, 0.15) is 17.7 Å². The minimum atomic E-state index is -4.57. The molecule has 154 valence electrons. The molecular weight excluding hydrogens is 412 g/mol. The van der Waals surface area contributed by atoms with Crippen molar-refractivity contribution in [3.8, 4) is 28.3 Å². The zero-order valence-electron chi connectivity index (χ0n) is 14.8. The Morgan fingerprint density at radius 1 is 1.03 bits per heavy atom. The van der Waals surface area contributed by atoms with Crippen LogP contribution in [0.25, 0.3) is 28.2 Å². The van der Waals surface area contributed by atoms with Gasteiger partial charge < -0.3 is 5.11 Å². The lowest BCUT2D eigenvalue weighted by atomic mass is 10.1. The number of halogens is 6. The van der Waals surface area contributed by atoms with E-state index in [-0.39, 0.29) is 28.2 Å². The first-order valence-corrected chi connectivity index (χ1v) is 8.48. The second-order valence-corrected chi connectivity index (χ2v) is 6.39. The Bertz CT molecular complexity index is 1250. The summed E-state index contributed by atoms with van der Waals surface area (Å²) in [5.74, 6) is -1.36. The Morgan fingerprint density at radius 3 is 2.47 bits per heavy atom. The van der Waals surface area contributed by atoms with Gasteiger partial charge in [0.05, 0.1) is 23.1 Å². The monoisotopic (exact) mass is 423 g/mol. The number of nitrogens with zero attached hydrogens (tertiary/aromatic N) is 3. The smallest absolute Gasteiger partial charge is 0.416 e. The lowest BCUT2D eigenvalue weighted by Crippen LogP contribution is -2.04. The van der Waals surface area contributed by atoms with Crippen LogP contribution in [0.2, 0.25) is 0 Å². The van der Waals surface area contributed by atoms with Gasteiger partial charge >= 0.3 is 6.18 Å². The Morgan fingerprint density at radius 2 is 1.80 bits per heavy atom. The normalized spacial score (nSPS) is 12.1. The third kappa shape index (κ3) is 3.44. The van der Waals surface area contributed by atoms with E-state index >= 15 is 0 Å². The van der Waals surface area contributed by atoms with E-state index in [4.69, 9.17) is 0 Å². The highest BCUT2D eigenvalue weighted by Gasteiger charge is 2.30. The van der Waals surface area contributed by atoms with Gasteiger partial charge in [-0.05, 0) is 24.3 Å². The van der Waals surface area contributed by atoms with E-state index in [1.165, 1.54) is 18.3 Å². The molecule has 2 heterocycles. The predicted octanol–water partition coefficient (Wildman–Crippen LogP) is 5.86. The van der Waals surface area contributed by atoms with Crippen molar-refractivity contribution in [2.75, 3.05) is 0 Å². The Kier molecular flexibility index (Phi) is 4.64. The fourth-order valence-electron chi connectivity index (χ4n) is 3.09. The summed E-state index contributed by atoms with van der Waals surface area (Å²) in [6, 6.07) is 7.36. The van der Waals surface area contributed by atoms with Crippen molar-refractivity contribution < 1.29 is 31.4 Å². The maximum Gasteiger partial charge on any atom is 0.416 e. The minimum Gasteiger partial charge on any atom is -0.508 e. The van der Waals surface area contributed by atoms with Crippen molar-refractivity contribution in [1.29, 1.82) is 0 Å². The van der Waals surface area contributed by atoms with E-state index in [9.17, 15) is 31.4 Å². The van der Waals surface area contributed by atoms with Crippen LogP contribution >= 0.6 is 0 Å². The zero-order chi connectivity index (χ0) is 21.6. The summed E-state index contributed by atoms with van der Waals surface area (Å²) >= 11 is 0. The zero-order valence-corrected chi connectivity index (χ0v) is 14.8.